The molecular weight excluding hydrogens is 174 g/mol. The highest BCUT2D eigenvalue weighted by Gasteiger charge is 2.29. The zero-order chi connectivity index (χ0) is 9.90. The highest BCUT2D eigenvalue weighted by molar-refractivity contribution is 6.85. The van der Waals surface area contributed by atoms with E-state index >= 15 is 0 Å². The Balaban J connectivity index is 2.94. The molecule has 0 heterocycles. The number of nitriles is 1. The van der Waals surface area contributed by atoms with Crippen molar-refractivity contribution >= 4 is 8.07 Å². The lowest BCUT2D eigenvalue weighted by molar-refractivity contribution is 1.03. The summed E-state index contributed by atoms with van der Waals surface area (Å²) < 4.78 is 0. The lowest BCUT2D eigenvalue weighted by Crippen LogP contribution is -2.31. The summed E-state index contributed by atoms with van der Waals surface area (Å²) in [4.78, 5) is 0. The van der Waals surface area contributed by atoms with Crippen molar-refractivity contribution in [1.29, 1.82) is 5.26 Å². The van der Waals surface area contributed by atoms with Crippen LogP contribution in [-0.4, -0.2) is 8.07 Å². The quantitative estimate of drug-likeness (QED) is 0.656. The van der Waals surface area contributed by atoms with Crippen molar-refractivity contribution in [2.45, 2.75) is 25.6 Å². The molecule has 0 aliphatic rings. The van der Waals surface area contributed by atoms with Crippen LogP contribution >= 0.6 is 0 Å². The van der Waals surface area contributed by atoms with Crippen molar-refractivity contribution in [2.75, 3.05) is 0 Å². The summed E-state index contributed by atoms with van der Waals surface area (Å²) in [6.45, 7) is 6.39. The average molecular weight is 189 g/mol. The molecule has 0 aliphatic heterocycles. The van der Waals surface area contributed by atoms with E-state index in [0.717, 1.165) is 0 Å². The van der Waals surface area contributed by atoms with E-state index in [-0.39, 0.29) is 0 Å². The summed E-state index contributed by atoms with van der Waals surface area (Å²) in [5, 5.41) is 9.04. The van der Waals surface area contributed by atoms with Crippen LogP contribution in [0.15, 0.2) is 30.3 Å². The van der Waals surface area contributed by atoms with Crippen molar-refractivity contribution in [2.24, 2.45) is 0 Å². The fourth-order valence-electron chi connectivity index (χ4n) is 1.26. The molecule has 0 amide bonds. The van der Waals surface area contributed by atoms with Crippen molar-refractivity contribution in [3.05, 3.63) is 35.9 Å². The van der Waals surface area contributed by atoms with Gasteiger partial charge in [0.1, 0.15) is 0 Å². The van der Waals surface area contributed by atoms with Gasteiger partial charge in [0.2, 0.25) is 0 Å². The molecule has 0 radical (unpaired) electrons. The lowest BCUT2D eigenvalue weighted by Gasteiger charge is -2.21. The van der Waals surface area contributed by atoms with E-state index in [1.165, 1.54) is 5.56 Å². The fraction of sp³-hybridized carbons (Fsp3) is 0.364. The second-order valence-corrected chi connectivity index (χ2v) is 8.50. The molecule has 2 heteroatoms. The Hall–Kier alpha value is -1.07. The van der Waals surface area contributed by atoms with Crippen molar-refractivity contribution in [3.63, 3.8) is 0 Å². The third kappa shape index (κ3) is 2.19. The first-order valence-corrected chi connectivity index (χ1v) is 7.62. The molecule has 1 aromatic carbocycles. The molecule has 0 fully saturated rings. The summed E-state index contributed by atoms with van der Waals surface area (Å²) in [6.07, 6.45) is 0. The molecule has 68 valence electrons. The molecule has 0 saturated heterocycles. The second kappa shape index (κ2) is 3.76. The van der Waals surface area contributed by atoms with E-state index in [2.05, 4.69) is 37.8 Å². The van der Waals surface area contributed by atoms with Crippen LogP contribution in [0.1, 0.15) is 18.0 Å². The Morgan fingerprint density at radius 3 is 2.23 bits per heavy atom. The van der Waals surface area contributed by atoms with Gasteiger partial charge in [-0.1, -0.05) is 50.3 Å². The summed E-state index contributed by atoms with van der Waals surface area (Å²) >= 11 is 0. The van der Waals surface area contributed by atoms with Crippen molar-refractivity contribution < 1.29 is 0 Å². The summed E-state index contributed by atoms with van der Waals surface area (Å²) in [7, 11) is -1.72. The van der Waals surface area contributed by atoms with E-state index in [1.54, 1.807) is 0 Å². The molecule has 0 spiro atoms. The van der Waals surface area contributed by atoms with Crippen molar-refractivity contribution in [1.82, 2.24) is 0 Å². The smallest absolute Gasteiger partial charge is 0.174 e. The van der Waals surface area contributed by atoms with Crippen LogP contribution in [0.3, 0.4) is 0 Å². The maximum Gasteiger partial charge on any atom is 0.174 e. The van der Waals surface area contributed by atoms with Gasteiger partial charge in [0.25, 0.3) is 0 Å². The molecule has 0 saturated carbocycles. The third-order valence-corrected chi connectivity index (χ3v) is 5.74. The van der Waals surface area contributed by atoms with Crippen LogP contribution in [0.5, 0.6) is 0 Å². The molecule has 1 nitrogen and oxygen atoms in total. The van der Waals surface area contributed by atoms with Gasteiger partial charge in [0, 0.05) is 5.69 Å². The van der Waals surface area contributed by atoms with Crippen LogP contribution < -0.4 is 0 Å². The minimum atomic E-state index is -1.72. The first kappa shape index (κ1) is 10.0. The second-order valence-electron chi connectivity index (χ2n) is 3.97. The SMILES string of the molecule is CC(c1ccccc1)[Si](C)(C)C#N. The third-order valence-electron chi connectivity index (χ3n) is 2.67. The molecule has 13 heavy (non-hydrogen) atoms. The number of benzene rings is 1. The highest BCUT2D eigenvalue weighted by atomic mass is 28.3. The molecule has 0 aromatic heterocycles. The van der Waals surface area contributed by atoms with E-state index in [4.69, 9.17) is 5.26 Å². The van der Waals surface area contributed by atoms with E-state index in [9.17, 15) is 0 Å². The lowest BCUT2D eigenvalue weighted by atomic mass is 10.2. The minimum Gasteiger partial charge on any atom is -0.207 e. The van der Waals surface area contributed by atoms with Gasteiger partial charge in [-0.2, -0.15) is 0 Å². The molecule has 1 rings (SSSR count). The van der Waals surface area contributed by atoms with Crippen LogP contribution in [0.4, 0.5) is 0 Å². The van der Waals surface area contributed by atoms with Crippen LogP contribution in [0.25, 0.3) is 0 Å². The summed E-state index contributed by atoms with van der Waals surface area (Å²) in [5.74, 6) is 0. The number of hydrogen-bond donors (Lipinski definition) is 0. The molecular formula is C11H15NSi. The zero-order valence-electron chi connectivity index (χ0n) is 8.41. The molecule has 1 atom stereocenters. The molecule has 1 aromatic rings. The van der Waals surface area contributed by atoms with E-state index < -0.39 is 8.07 Å². The van der Waals surface area contributed by atoms with Gasteiger partial charge < -0.3 is 0 Å². The van der Waals surface area contributed by atoms with Gasteiger partial charge in [0.05, 0.1) is 0 Å². The van der Waals surface area contributed by atoms with Gasteiger partial charge in [0.15, 0.2) is 8.07 Å². The topological polar surface area (TPSA) is 23.8 Å². The predicted molar refractivity (Wildman–Crippen MR) is 58.0 cm³/mol. The number of rotatable bonds is 2. The highest BCUT2D eigenvalue weighted by Crippen LogP contribution is 2.25. The summed E-state index contributed by atoms with van der Waals surface area (Å²) in [5.41, 5.74) is 4.19. The van der Waals surface area contributed by atoms with Gasteiger partial charge in [-0.05, 0) is 11.1 Å². The van der Waals surface area contributed by atoms with Crippen LogP contribution in [0, 0.1) is 11.0 Å². The Labute approximate surface area is 81.0 Å². The largest absolute Gasteiger partial charge is 0.207 e. The summed E-state index contributed by atoms with van der Waals surface area (Å²) in [6, 6.07) is 10.3. The molecule has 0 bridgehead atoms. The minimum absolute atomic E-state index is 0.415. The Morgan fingerprint density at radius 1 is 1.23 bits per heavy atom. The number of hydrogen-bond acceptors (Lipinski definition) is 1. The monoisotopic (exact) mass is 189 g/mol. The van der Waals surface area contributed by atoms with Crippen LogP contribution in [0.2, 0.25) is 13.1 Å². The van der Waals surface area contributed by atoms with Gasteiger partial charge in [-0.15, -0.1) is 0 Å². The van der Waals surface area contributed by atoms with E-state index in [0.29, 0.717) is 5.54 Å². The maximum atomic E-state index is 9.04. The number of nitrogens with zero attached hydrogens (tertiary/aromatic N) is 1. The molecule has 0 aliphatic carbocycles. The normalized spacial score (nSPS) is 13.4. The Bertz CT molecular complexity index is 311. The Kier molecular flexibility index (Phi) is 2.89. The fourth-order valence-corrected chi connectivity index (χ4v) is 2.47. The van der Waals surface area contributed by atoms with Crippen LogP contribution in [-0.2, 0) is 0 Å². The standard InChI is InChI=1S/C11H15NSi/c1-10(13(2,3)9-12)11-7-5-4-6-8-11/h4-8,10H,1-3H3. The van der Waals surface area contributed by atoms with Gasteiger partial charge in [-0.25, -0.2) is 5.26 Å². The zero-order valence-corrected chi connectivity index (χ0v) is 9.41. The predicted octanol–water partition coefficient (Wildman–Crippen LogP) is 3.10. The molecule has 1 unspecified atom stereocenters. The van der Waals surface area contributed by atoms with E-state index in [1.807, 2.05) is 18.2 Å². The first-order chi connectivity index (χ1) is 6.08. The van der Waals surface area contributed by atoms with Gasteiger partial charge in [-0.3, -0.25) is 0 Å². The average Bonchev–Trinajstić information content (AvgIpc) is 2.18. The Morgan fingerprint density at radius 2 is 1.77 bits per heavy atom. The maximum absolute atomic E-state index is 9.04. The molecule has 0 N–H and O–H groups in total. The van der Waals surface area contributed by atoms with Crippen molar-refractivity contribution in [3.8, 4) is 5.69 Å². The van der Waals surface area contributed by atoms with Gasteiger partial charge >= 0.3 is 0 Å². The first-order valence-electron chi connectivity index (χ1n) is 4.54.